The normalized spacial score (nSPS) is 11.8. The molecular formula is C35H38ClN3O5S. The molecule has 4 aromatic carbocycles. The van der Waals surface area contributed by atoms with Crippen LogP contribution in [0.3, 0.4) is 0 Å². The molecule has 0 saturated heterocycles. The van der Waals surface area contributed by atoms with Crippen LogP contribution >= 0.6 is 11.6 Å². The Morgan fingerprint density at radius 3 is 2.09 bits per heavy atom. The van der Waals surface area contributed by atoms with E-state index in [2.05, 4.69) is 5.32 Å². The third-order valence-corrected chi connectivity index (χ3v) is 9.41. The van der Waals surface area contributed by atoms with E-state index in [4.69, 9.17) is 16.3 Å². The molecule has 4 aromatic rings. The predicted molar refractivity (Wildman–Crippen MR) is 178 cm³/mol. The van der Waals surface area contributed by atoms with Crippen LogP contribution in [0.4, 0.5) is 5.69 Å². The van der Waals surface area contributed by atoms with Crippen molar-refractivity contribution in [2.24, 2.45) is 0 Å². The van der Waals surface area contributed by atoms with E-state index < -0.39 is 28.5 Å². The molecule has 0 saturated carbocycles. The number of nitrogens with zero attached hydrogens (tertiary/aromatic N) is 2. The second kappa shape index (κ2) is 15.6. The highest BCUT2D eigenvalue weighted by molar-refractivity contribution is 7.92. The lowest BCUT2D eigenvalue weighted by Crippen LogP contribution is -2.53. The summed E-state index contributed by atoms with van der Waals surface area (Å²) in [4.78, 5) is 29.6. The summed E-state index contributed by atoms with van der Waals surface area (Å²) in [5.41, 5.74) is 2.74. The van der Waals surface area contributed by atoms with Gasteiger partial charge in [0.05, 0.1) is 22.7 Å². The molecule has 10 heteroatoms. The number of benzene rings is 4. The van der Waals surface area contributed by atoms with Gasteiger partial charge in [-0.1, -0.05) is 96.9 Å². The maximum atomic E-state index is 14.5. The molecule has 2 amide bonds. The van der Waals surface area contributed by atoms with E-state index in [0.717, 1.165) is 27.4 Å². The van der Waals surface area contributed by atoms with Crippen molar-refractivity contribution in [3.05, 3.63) is 125 Å². The number of amides is 2. The van der Waals surface area contributed by atoms with E-state index in [1.54, 1.807) is 24.3 Å². The summed E-state index contributed by atoms with van der Waals surface area (Å²) in [5.74, 6) is -0.500. The molecule has 1 N–H and O–H groups in total. The van der Waals surface area contributed by atoms with Gasteiger partial charge in [0.2, 0.25) is 11.8 Å². The molecule has 0 radical (unpaired) electrons. The molecule has 4 rings (SSSR count). The van der Waals surface area contributed by atoms with Crippen molar-refractivity contribution in [3.63, 3.8) is 0 Å². The van der Waals surface area contributed by atoms with E-state index in [0.29, 0.717) is 12.3 Å². The third-order valence-electron chi connectivity index (χ3n) is 7.33. The first-order valence-electron chi connectivity index (χ1n) is 14.7. The van der Waals surface area contributed by atoms with Gasteiger partial charge in [-0.3, -0.25) is 13.9 Å². The monoisotopic (exact) mass is 647 g/mol. The number of hydrogen-bond donors (Lipinski definition) is 1. The number of aryl methyl sites for hydroxylation is 1. The zero-order chi connectivity index (χ0) is 32.4. The maximum absolute atomic E-state index is 14.5. The van der Waals surface area contributed by atoms with Crippen molar-refractivity contribution in [1.29, 1.82) is 0 Å². The summed E-state index contributed by atoms with van der Waals surface area (Å²) in [6, 6.07) is 28.8. The molecular weight excluding hydrogens is 610 g/mol. The van der Waals surface area contributed by atoms with Crippen LogP contribution in [0.1, 0.15) is 30.0 Å². The molecule has 0 aliphatic heterocycles. The Bertz CT molecular complexity index is 1680. The van der Waals surface area contributed by atoms with Crippen LogP contribution in [0.15, 0.2) is 108 Å². The third kappa shape index (κ3) is 8.65. The molecule has 0 aromatic heterocycles. The van der Waals surface area contributed by atoms with Crippen LogP contribution in [0.25, 0.3) is 0 Å². The molecule has 0 aliphatic carbocycles. The van der Waals surface area contributed by atoms with Crippen LogP contribution < -0.4 is 14.4 Å². The molecule has 0 fully saturated rings. The Labute approximate surface area is 270 Å². The van der Waals surface area contributed by atoms with E-state index >= 15 is 0 Å². The van der Waals surface area contributed by atoms with E-state index in [1.165, 1.54) is 30.2 Å². The highest BCUT2D eigenvalue weighted by atomic mass is 35.5. The molecule has 1 atom stereocenters. The van der Waals surface area contributed by atoms with Crippen molar-refractivity contribution in [2.45, 2.75) is 44.2 Å². The fourth-order valence-corrected chi connectivity index (χ4v) is 6.53. The van der Waals surface area contributed by atoms with E-state index in [1.807, 2.05) is 74.5 Å². The quantitative estimate of drug-likeness (QED) is 0.181. The number of rotatable bonds is 14. The zero-order valence-electron chi connectivity index (χ0n) is 25.6. The number of anilines is 1. The Kier molecular flexibility index (Phi) is 11.6. The minimum atomic E-state index is -4.24. The Hall–Kier alpha value is -4.34. The lowest BCUT2D eigenvalue weighted by molar-refractivity contribution is -0.140. The first-order chi connectivity index (χ1) is 21.6. The zero-order valence-corrected chi connectivity index (χ0v) is 27.2. The number of nitrogens with one attached hydrogen (secondary N) is 1. The van der Waals surface area contributed by atoms with Crippen molar-refractivity contribution < 1.29 is 22.7 Å². The Morgan fingerprint density at radius 1 is 0.889 bits per heavy atom. The largest absolute Gasteiger partial charge is 0.495 e. The van der Waals surface area contributed by atoms with Crippen LogP contribution in [0.5, 0.6) is 5.75 Å². The highest BCUT2D eigenvalue weighted by Crippen LogP contribution is 2.32. The summed E-state index contributed by atoms with van der Waals surface area (Å²) in [6.45, 7) is 3.78. The second-order valence-corrected chi connectivity index (χ2v) is 12.9. The minimum Gasteiger partial charge on any atom is -0.495 e. The van der Waals surface area contributed by atoms with Crippen LogP contribution in [0.2, 0.25) is 5.02 Å². The molecule has 8 nitrogen and oxygen atoms in total. The van der Waals surface area contributed by atoms with E-state index in [9.17, 15) is 18.0 Å². The van der Waals surface area contributed by atoms with Crippen molar-refractivity contribution in [1.82, 2.24) is 10.2 Å². The van der Waals surface area contributed by atoms with Gasteiger partial charge in [-0.15, -0.1) is 0 Å². The predicted octanol–water partition coefficient (Wildman–Crippen LogP) is 6.02. The smallest absolute Gasteiger partial charge is 0.264 e. The van der Waals surface area contributed by atoms with Gasteiger partial charge in [0.15, 0.2) is 0 Å². The van der Waals surface area contributed by atoms with Gasteiger partial charge in [0, 0.05) is 19.5 Å². The maximum Gasteiger partial charge on any atom is 0.264 e. The fraction of sp³-hybridized carbons (Fsp3) is 0.257. The van der Waals surface area contributed by atoms with Gasteiger partial charge >= 0.3 is 0 Å². The highest BCUT2D eigenvalue weighted by Gasteiger charge is 2.34. The topological polar surface area (TPSA) is 96.0 Å². The number of hydrogen-bond acceptors (Lipinski definition) is 5. The van der Waals surface area contributed by atoms with Gasteiger partial charge in [0.25, 0.3) is 10.0 Å². The van der Waals surface area contributed by atoms with Crippen LogP contribution in [0, 0.1) is 6.92 Å². The average molecular weight is 648 g/mol. The molecule has 236 valence electrons. The standard InChI is InChI=1S/C35H38ClN3O5S/c1-4-21-37-35(41)32(22-27-11-7-5-8-12-27)38(24-28-13-9-6-10-14-28)34(40)25-39(29-17-20-33(44-3)31(36)23-29)45(42,43)30-18-15-26(2)16-19-30/h5-20,23,32H,4,21-22,24-25H2,1-3H3,(H,37,41)/t32-/m1/s1. The van der Waals surface area contributed by atoms with E-state index in [-0.39, 0.29) is 34.5 Å². The number of methoxy groups -OCH3 is 1. The number of carbonyl (C=O) groups excluding carboxylic acids is 2. The molecule has 45 heavy (non-hydrogen) atoms. The average Bonchev–Trinajstić information content (AvgIpc) is 3.05. The van der Waals surface area contributed by atoms with Gasteiger partial charge < -0.3 is 15.0 Å². The number of halogens is 1. The SMILES string of the molecule is CCCNC(=O)[C@@H](Cc1ccccc1)N(Cc1ccccc1)C(=O)CN(c1ccc(OC)c(Cl)c1)S(=O)(=O)c1ccc(C)cc1. The first kappa shape index (κ1) is 33.6. The lowest BCUT2D eigenvalue weighted by atomic mass is 10.0. The number of ether oxygens (including phenoxy) is 1. The molecule has 0 unspecified atom stereocenters. The summed E-state index contributed by atoms with van der Waals surface area (Å²) in [6.07, 6.45) is 0.964. The number of carbonyl (C=O) groups is 2. The Balaban J connectivity index is 1.80. The Morgan fingerprint density at radius 2 is 1.51 bits per heavy atom. The summed E-state index contributed by atoms with van der Waals surface area (Å²) >= 11 is 6.43. The minimum absolute atomic E-state index is 0.0176. The molecule has 0 aliphatic rings. The molecule has 0 spiro atoms. The van der Waals surface area contributed by atoms with Crippen LogP contribution in [-0.2, 0) is 32.6 Å². The van der Waals surface area contributed by atoms with Gasteiger partial charge in [-0.2, -0.15) is 0 Å². The molecule has 0 heterocycles. The first-order valence-corrected chi connectivity index (χ1v) is 16.5. The second-order valence-electron chi connectivity index (χ2n) is 10.6. The summed E-state index contributed by atoms with van der Waals surface area (Å²) in [7, 11) is -2.78. The van der Waals surface area contributed by atoms with Crippen LogP contribution in [-0.4, -0.2) is 51.4 Å². The molecule has 0 bridgehead atoms. The van der Waals surface area contributed by atoms with Crippen molar-refractivity contribution in [3.8, 4) is 5.75 Å². The van der Waals surface area contributed by atoms with Crippen molar-refractivity contribution in [2.75, 3.05) is 24.5 Å². The lowest BCUT2D eigenvalue weighted by Gasteiger charge is -2.34. The fourth-order valence-electron chi connectivity index (χ4n) is 4.88. The summed E-state index contributed by atoms with van der Waals surface area (Å²) < 4.78 is 34.6. The number of sulfonamides is 1. The van der Waals surface area contributed by atoms with Gasteiger partial charge in [-0.05, 0) is 54.8 Å². The van der Waals surface area contributed by atoms with Crippen molar-refractivity contribution >= 4 is 39.1 Å². The van der Waals surface area contributed by atoms with Gasteiger partial charge in [0.1, 0.15) is 18.3 Å². The summed E-state index contributed by atoms with van der Waals surface area (Å²) in [5, 5.41) is 3.13. The van der Waals surface area contributed by atoms with Gasteiger partial charge in [-0.25, -0.2) is 8.42 Å².